The Morgan fingerprint density at radius 2 is 0.407 bits per heavy atom. The van der Waals surface area contributed by atoms with Crippen molar-refractivity contribution in [3.63, 3.8) is 0 Å². The van der Waals surface area contributed by atoms with Crippen molar-refractivity contribution in [2.45, 2.75) is 411 Å². The van der Waals surface area contributed by atoms with Crippen LogP contribution in [-0.4, -0.2) is 95.9 Å². The largest absolute Gasteiger partial charge is 0.472 e. The van der Waals surface area contributed by atoms with Crippen molar-refractivity contribution in [3.8, 4) is 0 Å². The van der Waals surface area contributed by atoms with E-state index in [0.717, 1.165) is 199 Å². The Morgan fingerprint density at radius 3 is 0.642 bits per heavy atom. The number of phosphoric ester groups is 2. The van der Waals surface area contributed by atoms with Crippen LogP contribution in [0.4, 0.5) is 0 Å². The number of aliphatic hydroxyl groups is 2. The Hall–Kier alpha value is -5.61. The van der Waals surface area contributed by atoms with Gasteiger partial charge in [0.05, 0.1) is 26.4 Å². The molecule has 18 heteroatoms. The van der Waals surface area contributed by atoms with Gasteiger partial charge in [-0.2, -0.15) is 0 Å². The first kappa shape index (κ1) is 117. The Kier molecular flexibility index (Phi) is 91.1. The van der Waals surface area contributed by atoms with Crippen LogP contribution in [0.3, 0.4) is 0 Å². The maximum absolute atomic E-state index is 13.1. The van der Waals surface area contributed by atoms with Crippen LogP contribution in [0.5, 0.6) is 0 Å². The van der Waals surface area contributed by atoms with Crippen molar-refractivity contribution in [3.05, 3.63) is 194 Å². The molecule has 0 saturated heterocycles. The summed E-state index contributed by atoms with van der Waals surface area (Å²) in [6.07, 6.45) is 128. The van der Waals surface area contributed by atoms with Gasteiger partial charge in [0.25, 0.3) is 0 Å². The summed E-state index contributed by atoms with van der Waals surface area (Å²) in [5, 5.41) is 20.8. The van der Waals surface area contributed by atoms with Gasteiger partial charge in [0, 0.05) is 19.3 Å². The highest BCUT2D eigenvalue weighted by atomic mass is 31.2. The average Bonchev–Trinajstić information content (AvgIpc) is 0.897. The highest BCUT2D eigenvalue weighted by Crippen LogP contribution is 2.45. The molecule has 0 aliphatic rings. The van der Waals surface area contributed by atoms with Crippen LogP contribution in [0.1, 0.15) is 393 Å². The zero-order chi connectivity index (χ0) is 89.3. The molecule has 16 nitrogen and oxygen atoms in total. The quantitative estimate of drug-likeness (QED) is 0.0146. The minimum absolute atomic E-state index is 0.0886. The molecule has 0 radical (unpaired) electrons. The van der Waals surface area contributed by atoms with E-state index in [1.807, 2.05) is 0 Å². The molecule has 5 atom stereocenters. The fourth-order valence-electron chi connectivity index (χ4n) is 13.0. The summed E-state index contributed by atoms with van der Waals surface area (Å²) in [6, 6.07) is 0. The molecule has 0 rings (SSSR count). The fourth-order valence-corrected chi connectivity index (χ4v) is 14.6. The molecule has 0 heterocycles. The number of rotatable bonds is 91. The Morgan fingerprint density at radius 1 is 0.228 bits per heavy atom. The smallest absolute Gasteiger partial charge is 0.463 e. The van der Waals surface area contributed by atoms with Gasteiger partial charge in [-0.1, -0.05) is 408 Å². The maximum Gasteiger partial charge on any atom is 0.472 e. The van der Waals surface area contributed by atoms with Crippen molar-refractivity contribution < 1.29 is 75.8 Å². The zero-order valence-corrected chi connectivity index (χ0v) is 79.3. The molecule has 702 valence electrons. The van der Waals surface area contributed by atoms with Gasteiger partial charge in [-0.05, 0) is 161 Å². The molecule has 0 bridgehead atoms. The van der Waals surface area contributed by atoms with Gasteiger partial charge in [0.1, 0.15) is 25.4 Å². The zero-order valence-electron chi connectivity index (χ0n) is 77.5. The third-order valence-corrected chi connectivity index (χ3v) is 22.2. The van der Waals surface area contributed by atoms with Crippen molar-refractivity contribution in [2.24, 2.45) is 0 Å². The Labute approximate surface area is 750 Å². The molecule has 123 heavy (non-hydrogen) atoms. The summed E-state index contributed by atoms with van der Waals surface area (Å²) in [7, 11) is -9.82. The van der Waals surface area contributed by atoms with E-state index in [1.165, 1.54) is 135 Å². The van der Waals surface area contributed by atoms with Crippen molar-refractivity contribution in [1.29, 1.82) is 0 Å². The minimum atomic E-state index is -4.95. The van der Waals surface area contributed by atoms with Crippen LogP contribution in [0.15, 0.2) is 194 Å². The Balaban J connectivity index is 4.65. The molecule has 0 amide bonds. The van der Waals surface area contributed by atoms with Crippen molar-refractivity contribution >= 4 is 33.6 Å². The molecular formula is C105H176O16P2. The lowest BCUT2D eigenvalue weighted by Gasteiger charge is -2.21. The van der Waals surface area contributed by atoms with Crippen LogP contribution < -0.4 is 0 Å². The van der Waals surface area contributed by atoms with E-state index in [0.29, 0.717) is 19.3 Å². The fraction of sp³-hybridized carbons (Fsp3) is 0.667. The average molecular weight is 1760 g/mol. The number of unbranched alkanes of at least 4 members (excludes halogenated alkanes) is 36. The molecule has 0 spiro atoms. The van der Waals surface area contributed by atoms with Crippen LogP contribution in [-0.2, 0) is 55.8 Å². The van der Waals surface area contributed by atoms with Gasteiger partial charge in [0.2, 0.25) is 0 Å². The molecule has 0 aliphatic carbocycles. The van der Waals surface area contributed by atoms with E-state index in [2.05, 4.69) is 215 Å². The second kappa shape index (κ2) is 95.5. The SMILES string of the molecule is CC/C=C\C/C=C\C/C=C\C/C=C\C/C=C\C/C=C\CCCCCCCCCCC(=O)OC(COC(=O)CCCCCCCCCCCCCCC/C=C\C/C=C\C/C=C\C/C=C\C/C=C\CC)COP(=O)(O)OCC(O)COP(=O)(O)OCC(O)COC(=O)CCCCCCCCCCCCCCCCC/C=C\C/C=C\C/C=C\C/C=C\C/C=C\CC. The number of esters is 3. The standard InChI is InChI=1S/C105H176O16P2/c1-4-7-10-13-16-19-22-25-28-31-34-37-40-43-46-48-49-51-54-55-58-61-64-67-70-73-76-79-82-85-88-91-103(108)115-94-100(106)95-117-122(111,112)118-96-101(107)97-119-123(113,114)120-99-102(121-105(110)93-90-87-84-81-78-75-72-69-66-63-60-57-52-45-42-39-36-33-30-27-24-21-18-15-12-9-6-3)98-116-104(109)92-89-86-83-80-77-74-71-68-65-62-59-56-53-50-47-44-41-38-35-32-29-26-23-20-17-14-11-8-5-2/h7-12,16-21,25-30,34-39,43-47,52,60,63,100-102,106-107H,4-6,13-15,22-24,31-33,40-42,48-51,53-59,61-62,64-99H2,1-3H3,(H,111,112)(H,113,114)/b10-7-,11-8-,12-9-,19-16-,20-17-,21-18-,28-25-,29-26-,30-27-,37-34-,38-35-,39-36-,46-43-,47-44-,52-45-,63-60-. The topological polar surface area (TPSA) is 231 Å². The van der Waals surface area contributed by atoms with Crippen molar-refractivity contribution in [2.75, 3.05) is 39.6 Å². The maximum atomic E-state index is 13.1. The first-order valence-electron chi connectivity index (χ1n) is 48.7. The summed E-state index contributed by atoms with van der Waals surface area (Å²) in [6.45, 7) is 2.38. The lowest BCUT2D eigenvalue weighted by Crippen LogP contribution is -2.30. The predicted molar refractivity (Wildman–Crippen MR) is 518 cm³/mol. The number of phosphoric acid groups is 2. The first-order valence-corrected chi connectivity index (χ1v) is 51.7. The molecule has 0 aliphatic heterocycles. The van der Waals surface area contributed by atoms with Gasteiger partial charge in [0.15, 0.2) is 6.10 Å². The van der Waals surface area contributed by atoms with E-state index >= 15 is 0 Å². The van der Waals surface area contributed by atoms with Crippen LogP contribution in [0.2, 0.25) is 0 Å². The van der Waals surface area contributed by atoms with Gasteiger partial charge < -0.3 is 34.2 Å². The highest BCUT2D eigenvalue weighted by molar-refractivity contribution is 7.47. The summed E-state index contributed by atoms with van der Waals surface area (Å²) < 4.78 is 61.6. The number of hydrogen-bond acceptors (Lipinski definition) is 14. The second-order valence-electron chi connectivity index (χ2n) is 32.1. The molecule has 5 unspecified atom stereocenters. The van der Waals surface area contributed by atoms with E-state index in [4.69, 9.17) is 32.3 Å². The highest BCUT2D eigenvalue weighted by Gasteiger charge is 2.30. The first-order chi connectivity index (χ1) is 60.2. The lowest BCUT2D eigenvalue weighted by molar-refractivity contribution is -0.161. The number of allylic oxidation sites excluding steroid dienone is 32. The van der Waals surface area contributed by atoms with E-state index in [-0.39, 0.29) is 19.3 Å². The van der Waals surface area contributed by atoms with Crippen molar-refractivity contribution in [1.82, 2.24) is 0 Å². The van der Waals surface area contributed by atoms with Gasteiger partial charge in [-0.3, -0.25) is 32.5 Å². The monoisotopic (exact) mass is 1760 g/mol. The molecule has 4 N–H and O–H groups in total. The summed E-state index contributed by atoms with van der Waals surface area (Å²) in [5.74, 6) is -1.58. The van der Waals surface area contributed by atoms with E-state index in [1.54, 1.807) is 0 Å². The molecule has 0 fully saturated rings. The molecule has 0 saturated carbocycles. The second-order valence-corrected chi connectivity index (χ2v) is 35.0. The van der Waals surface area contributed by atoms with Gasteiger partial charge >= 0.3 is 33.6 Å². The molecule has 0 aromatic rings. The molecular weight excluding hydrogens is 1580 g/mol. The molecule has 0 aromatic carbocycles. The molecule has 0 aromatic heterocycles. The van der Waals surface area contributed by atoms with E-state index < -0.39 is 91.5 Å². The Bertz CT molecular complexity index is 3020. The number of carbonyl (C=O) groups is 3. The van der Waals surface area contributed by atoms with Crippen LogP contribution >= 0.6 is 15.6 Å². The summed E-state index contributed by atoms with van der Waals surface area (Å²) in [5.41, 5.74) is 0. The number of hydrogen-bond donors (Lipinski definition) is 4. The lowest BCUT2D eigenvalue weighted by atomic mass is 10.0. The summed E-state index contributed by atoms with van der Waals surface area (Å²) in [4.78, 5) is 59.2. The third kappa shape index (κ3) is 96.9. The minimum Gasteiger partial charge on any atom is -0.463 e. The predicted octanol–water partition coefficient (Wildman–Crippen LogP) is 30.6. The number of ether oxygens (including phenoxy) is 3. The number of aliphatic hydroxyl groups excluding tert-OH is 2. The summed E-state index contributed by atoms with van der Waals surface area (Å²) >= 11 is 0. The normalized spacial score (nSPS) is 14.6. The van der Waals surface area contributed by atoms with E-state index in [9.17, 15) is 43.5 Å². The van der Waals surface area contributed by atoms with Gasteiger partial charge in [-0.15, -0.1) is 0 Å². The third-order valence-electron chi connectivity index (χ3n) is 20.3. The van der Waals surface area contributed by atoms with Gasteiger partial charge in [-0.25, -0.2) is 9.13 Å². The van der Waals surface area contributed by atoms with Crippen LogP contribution in [0, 0.1) is 0 Å². The van der Waals surface area contributed by atoms with Crippen LogP contribution in [0.25, 0.3) is 0 Å². The number of carbonyl (C=O) groups excluding carboxylic acids is 3.